The summed E-state index contributed by atoms with van der Waals surface area (Å²) in [6.07, 6.45) is -1.13. The van der Waals surface area contributed by atoms with Crippen molar-refractivity contribution in [3.63, 3.8) is 0 Å². The summed E-state index contributed by atoms with van der Waals surface area (Å²) >= 11 is 0. The highest BCUT2D eigenvalue weighted by Crippen LogP contribution is 2.34. The van der Waals surface area contributed by atoms with Gasteiger partial charge in [0.1, 0.15) is 12.4 Å². The van der Waals surface area contributed by atoms with Crippen molar-refractivity contribution in [2.45, 2.75) is 45.5 Å². The van der Waals surface area contributed by atoms with E-state index in [1.54, 1.807) is 10.9 Å². The second kappa shape index (κ2) is 7.20. The minimum Gasteiger partial charge on any atom is -0.341 e. The maximum atomic E-state index is 13.0. The van der Waals surface area contributed by atoms with Crippen molar-refractivity contribution in [3.8, 4) is 0 Å². The number of carbonyl (C=O) groups excluding carboxylic acids is 1. The van der Waals surface area contributed by atoms with Crippen LogP contribution in [-0.2, 0) is 17.5 Å². The van der Waals surface area contributed by atoms with E-state index in [-0.39, 0.29) is 18.5 Å². The predicted molar refractivity (Wildman–Crippen MR) is 101 cm³/mol. The fraction of sp³-hybridized carbons (Fsp3) is 0.450. The Bertz CT molecular complexity index is 1040. The fourth-order valence-electron chi connectivity index (χ4n) is 4.02. The van der Waals surface area contributed by atoms with Gasteiger partial charge in [0.05, 0.1) is 22.3 Å². The van der Waals surface area contributed by atoms with E-state index in [0.29, 0.717) is 29.9 Å². The molecule has 154 valence electrons. The van der Waals surface area contributed by atoms with Crippen molar-refractivity contribution in [2.24, 2.45) is 0 Å². The van der Waals surface area contributed by atoms with E-state index < -0.39 is 11.7 Å². The standard InChI is InChI=1S/C20H22F3N5O/c1-13-5-10-27(25-13)12-19(29)26-8-6-16(7-9-26)28-14(2)24-17-11-15(20(21,22)23)3-4-18(17)28/h3-5,10-11,16H,6-9,12H2,1-2H3. The van der Waals surface area contributed by atoms with Crippen LogP contribution in [0.15, 0.2) is 30.5 Å². The van der Waals surface area contributed by atoms with Crippen LogP contribution in [0.4, 0.5) is 13.2 Å². The van der Waals surface area contributed by atoms with Crippen LogP contribution in [0.3, 0.4) is 0 Å². The normalized spacial score (nSPS) is 16.0. The minimum atomic E-state index is -4.38. The van der Waals surface area contributed by atoms with Crippen molar-refractivity contribution in [2.75, 3.05) is 13.1 Å². The molecule has 29 heavy (non-hydrogen) atoms. The van der Waals surface area contributed by atoms with Gasteiger partial charge in [0.2, 0.25) is 5.91 Å². The number of amides is 1. The number of fused-ring (bicyclic) bond motifs is 1. The second-order valence-electron chi connectivity index (χ2n) is 7.50. The molecule has 0 unspecified atom stereocenters. The van der Waals surface area contributed by atoms with E-state index >= 15 is 0 Å². The van der Waals surface area contributed by atoms with Crippen LogP contribution in [0.2, 0.25) is 0 Å². The van der Waals surface area contributed by atoms with Gasteiger partial charge in [-0.2, -0.15) is 18.3 Å². The molecular formula is C20H22F3N5O. The number of aryl methyl sites for hydroxylation is 2. The lowest BCUT2D eigenvalue weighted by molar-refractivity contribution is -0.137. The first kappa shape index (κ1) is 19.5. The maximum Gasteiger partial charge on any atom is 0.416 e. The summed E-state index contributed by atoms with van der Waals surface area (Å²) in [6.45, 7) is 5.10. The molecule has 1 aliphatic rings. The van der Waals surface area contributed by atoms with E-state index in [4.69, 9.17) is 0 Å². The van der Waals surface area contributed by atoms with E-state index in [1.807, 2.05) is 29.4 Å². The number of carbonyl (C=O) groups is 1. The molecule has 2 aromatic heterocycles. The zero-order valence-corrected chi connectivity index (χ0v) is 16.3. The number of imidazole rings is 1. The zero-order valence-electron chi connectivity index (χ0n) is 16.3. The summed E-state index contributed by atoms with van der Waals surface area (Å²) in [5, 5.41) is 4.25. The number of benzene rings is 1. The number of aromatic nitrogens is 4. The van der Waals surface area contributed by atoms with Crippen LogP contribution in [0.25, 0.3) is 11.0 Å². The van der Waals surface area contributed by atoms with Crippen molar-refractivity contribution in [3.05, 3.63) is 47.5 Å². The molecule has 9 heteroatoms. The Labute approximate surface area is 165 Å². The summed E-state index contributed by atoms with van der Waals surface area (Å²) in [5.74, 6) is 0.713. The van der Waals surface area contributed by atoms with Crippen molar-refractivity contribution >= 4 is 16.9 Å². The Morgan fingerprint density at radius 3 is 2.52 bits per heavy atom. The third kappa shape index (κ3) is 3.86. The highest BCUT2D eigenvalue weighted by atomic mass is 19.4. The molecule has 0 radical (unpaired) electrons. The maximum absolute atomic E-state index is 13.0. The van der Waals surface area contributed by atoms with E-state index in [0.717, 1.165) is 30.7 Å². The van der Waals surface area contributed by atoms with Crippen LogP contribution < -0.4 is 0 Å². The molecule has 3 aromatic rings. The quantitative estimate of drug-likeness (QED) is 0.667. The van der Waals surface area contributed by atoms with Gasteiger partial charge in [-0.1, -0.05) is 0 Å². The van der Waals surface area contributed by atoms with Gasteiger partial charge in [-0.25, -0.2) is 4.98 Å². The van der Waals surface area contributed by atoms with Gasteiger partial charge in [-0.15, -0.1) is 0 Å². The Hall–Kier alpha value is -2.84. The number of likely N-dealkylation sites (tertiary alicyclic amines) is 1. The van der Waals surface area contributed by atoms with E-state index in [1.165, 1.54) is 6.07 Å². The number of alkyl halides is 3. The number of hydrogen-bond acceptors (Lipinski definition) is 3. The van der Waals surface area contributed by atoms with Gasteiger partial charge < -0.3 is 9.47 Å². The molecule has 4 rings (SSSR count). The zero-order chi connectivity index (χ0) is 20.8. The minimum absolute atomic E-state index is 0.0218. The molecule has 6 nitrogen and oxygen atoms in total. The number of nitrogens with zero attached hydrogens (tertiary/aromatic N) is 5. The number of rotatable bonds is 3. The van der Waals surface area contributed by atoms with E-state index in [2.05, 4.69) is 10.1 Å². The van der Waals surface area contributed by atoms with Crippen LogP contribution in [-0.4, -0.2) is 43.2 Å². The number of halogens is 3. The smallest absolute Gasteiger partial charge is 0.341 e. The van der Waals surface area contributed by atoms with Crippen LogP contribution >= 0.6 is 0 Å². The largest absolute Gasteiger partial charge is 0.416 e. The summed E-state index contributed by atoms with van der Waals surface area (Å²) in [6, 6.07) is 5.66. The summed E-state index contributed by atoms with van der Waals surface area (Å²) < 4.78 is 42.6. The Balaban J connectivity index is 1.47. The van der Waals surface area contributed by atoms with Gasteiger partial charge in [0.25, 0.3) is 0 Å². The molecule has 1 aliphatic heterocycles. The molecule has 0 bridgehead atoms. The molecule has 0 N–H and O–H groups in total. The van der Waals surface area contributed by atoms with Crippen molar-refractivity contribution in [1.29, 1.82) is 0 Å². The molecule has 1 saturated heterocycles. The first-order chi connectivity index (χ1) is 13.7. The molecule has 1 aromatic carbocycles. The lowest BCUT2D eigenvalue weighted by Crippen LogP contribution is -2.40. The van der Waals surface area contributed by atoms with Gasteiger partial charge in [-0.3, -0.25) is 9.48 Å². The average Bonchev–Trinajstić information content (AvgIpc) is 3.22. The van der Waals surface area contributed by atoms with Gasteiger partial charge in [0.15, 0.2) is 0 Å². The average molecular weight is 405 g/mol. The Morgan fingerprint density at radius 2 is 1.90 bits per heavy atom. The fourth-order valence-corrected chi connectivity index (χ4v) is 4.02. The summed E-state index contributed by atoms with van der Waals surface area (Å²) in [4.78, 5) is 18.7. The summed E-state index contributed by atoms with van der Waals surface area (Å²) in [7, 11) is 0. The molecule has 0 aliphatic carbocycles. The van der Waals surface area contributed by atoms with Gasteiger partial charge in [0, 0.05) is 25.3 Å². The molecule has 1 fully saturated rings. The first-order valence-corrected chi connectivity index (χ1v) is 9.56. The van der Waals surface area contributed by atoms with Gasteiger partial charge >= 0.3 is 6.18 Å². The molecular weight excluding hydrogens is 383 g/mol. The summed E-state index contributed by atoms with van der Waals surface area (Å²) in [5.41, 5.74) is 1.23. The third-order valence-corrected chi connectivity index (χ3v) is 5.45. The lowest BCUT2D eigenvalue weighted by atomic mass is 10.0. The predicted octanol–water partition coefficient (Wildman–Crippen LogP) is 3.73. The Kier molecular flexibility index (Phi) is 4.84. The molecule has 1 amide bonds. The van der Waals surface area contributed by atoms with Crippen LogP contribution in [0.1, 0.15) is 36.0 Å². The molecule has 3 heterocycles. The highest BCUT2D eigenvalue weighted by molar-refractivity contribution is 5.77. The number of hydrogen-bond donors (Lipinski definition) is 0. The van der Waals surface area contributed by atoms with Crippen molar-refractivity contribution in [1.82, 2.24) is 24.2 Å². The van der Waals surface area contributed by atoms with E-state index in [9.17, 15) is 18.0 Å². The van der Waals surface area contributed by atoms with Crippen LogP contribution in [0.5, 0.6) is 0 Å². The van der Waals surface area contributed by atoms with Gasteiger partial charge in [-0.05, 0) is 51.0 Å². The SMILES string of the molecule is Cc1ccn(CC(=O)N2CCC(n3c(C)nc4cc(C(F)(F)F)ccc43)CC2)n1. The monoisotopic (exact) mass is 405 g/mol. The Morgan fingerprint density at radius 1 is 1.17 bits per heavy atom. The molecule has 0 atom stereocenters. The number of piperidine rings is 1. The van der Waals surface area contributed by atoms with Crippen LogP contribution in [0, 0.1) is 13.8 Å². The lowest BCUT2D eigenvalue weighted by Gasteiger charge is -2.33. The molecule has 0 spiro atoms. The molecule has 0 saturated carbocycles. The third-order valence-electron chi connectivity index (χ3n) is 5.45. The first-order valence-electron chi connectivity index (χ1n) is 9.56. The highest BCUT2D eigenvalue weighted by Gasteiger charge is 2.32. The topological polar surface area (TPSA) is 56.0 Å². The van der Waals surface area contributed by atoms with Crippen molar-refractivity contribution < 1.29 is 18.0 Å². The second-order valence-corrected chi connectivity index (χ2v) is 7.50.